The number of aromatic nitrogens is 5. The van der Waals surface area contributed by atoms with Crippen molar-refractivity contribution in [2.24, 2.45) is 0 Å². The van der Waals surface area contributed by atoms with Gasteiger partial charge in [-0.3, -0.25) is 14.8 Å². The molecule has 0 unspecified atom stereocenters. The SMILES string of the molecule is CCn1cc(CC(=O)Nc2nc(C)nn2-c2ccc(F)cc2C)cn1. The normalized spacial score (nSPS) is 10.9. The maximum Gasteiger partial charge on any atom is 0.233 e. The predicted octanol–water partition coefficient (Wildman–Crippen LogP) is 2.42. The first-order valence-corrected chi connectivity index (χ1v) is 7.97. The van der Waals surface area contributed by atoms with Crippen LogP contribution in [0, 0.1) is 19.7 Å². The Morgan fingerprint density at radius 3 is 2.80 bits per heavy atom. The number of rotatable bonds is 5. The molecule has 0 fully saturated rings. The van der Waals surface area contributed by atoms with Crippen molar-refractivity contribution in [3.05, 3.63) is 53.4 Å². The third-order valence-corrected chi connectivity index (χ3v) is 3.73. The summed E-state index contributed by atoms with van der Waals surface area (Å²) in [4.78, 5) is 16.6. The lowest BCUT2D eigenvalue weighted by Gasteiger charge is -2.09. The summed E-state index contributed by atoms with van der Waals surface area (Å²) in [7, 11) is 0. The van der Waals surface area contributed by atoms with E-state index < -0.39 is 0 Å². The highest BCUT2D eigenvalue weighted by atomic mass is 19.1. The molecule has 1 N–H and O–H groups in total. The topological polar surface area (TPSA) is 77.6 Å². The summed E-state index contributed by atoms with van der Waals surface area (Å²) < 4.78 is 16.6. The molecule has 0 radical (unpaired) electrons. The number of hydrogen-bond acceptors (Lipinski definition) is 4. The molecule has 1 aromatic carbocycles. The standard InChI is InChI=1S/C17H19FN6O/c1-4-23-10-13(9-19-23)8-16(25)21-17-20-12(3)22-24(17)15-6-5-14(18)7-11(15)2/h5-7,9-10H,4,8H2,1-3H3,(H,20,21,22,25). The molecule has 130 valence electrons. The number of nitrogens with zero attached hydrogens (tertiary/aromatic N) is 5. The Kier molecular flexibility index (Phi) is 4.60. The first-order valence-electron chi connectivity index (χ1n) is 7.97. The van der Waals surface area contributed by atoms with Crippen LogP contribution in [0.25, 0.3) is 5.69 Å². The monoisotopic (exact) mass is 342 g/mol. The molecule has 2 aromatic heterocycles. The van der Waals surface area contributed by atoms with Gasteiger partial charge in [-0.05, 0) is 50.1 Å². The number of carbonyl (C=O) groups excluding carboxylic acids is 1. The molecule has 3 rings (SSSR count). The van der Waals surface area contributed by atoms with Crippen molar-refractivity contribution in [3.63, 3.8) is 0 Å². The highest BCUT2D eigenvalue weighted by molar-refractivity contribution is 5.90. The Balaban J connectivity index is 1.82. The Morgan fingerprint density at radius 1 is 1.32 bits per heavy atom. The molecule has 8 heteroatoms. The smallest absolute Gasteiger partial charge is 0.233 e. The van der Waals surface area contributed by atoms with E-state index in [9.17, 15) is 9.18 Å². The average Bonchev–Trinajstić information content (AvgIpc) is 3.14. The van der Waals surface area contributed by atoms with Crippen LogP contribution in [0.3, 0.4) is 0 Å². The van der Waals surface area contributed by atoms with Crippen LogP contribution in [-0.2, 0) is 17.8 Å². The lowest BCUT2D eigenvalue weighted by Crippen LogP contribution is -2.18. The summed E-state index contributed by atoms with van der Waals surface area (Å²) >= 11 is 0. The van der Waals surface area contributed by atoms with Crippen molar-refractivity contribution < 1.29 is 9.18 Å². The molecular formula is C17H19FN6O. The second kappa shape index (κ2) is 6.84. The predicted molar refractivity (Wildman–Crippen MR) is 91.0 cm³/mol. The highest BCUT2D eigenvalue weighted by Crippen LogP contribution is 2.19. The molecule has 2 heterocycles. The molecule has 0 saturated heterocycles. The Morgan fingerprint density at radius 2 is 2.12 bits per heavy atom. The second-order valence-electron chi connectivity index (χ2n) is 5.75. The molecule has 1 amide bonds. The third kappa shape index (κ3) is 3.73. The van der Waals surface area contributed by atoms with Crippen LogP contribution >= 0.6 is 0 Å². The number of anilines is 1. The first-order chi connectivity index (χ1) is 12.0. The van der Waals surface area contributed by atoms with Gasteiger partial charge in [0, 0.05) is 12.7 Å². The van der Waals surface area contributed by atoms with Gasteiger partial charge in [-0.15, -0.1) is 5.10 Å². The quantitative estimate of drug-likeness (QED) is 0.772. The van der Waals surface area contributed by atoms with Gasteiger partial charge in [0.25, 0.3) is 0 Å². The van der Waals surface area contributed by atoms with Crippen LogP contribution in [-0.4, -0.2) is 30.5 Å². The van der Waals surface area contributed by atoms with Gasteiger partial charge in [0.15, 0.2) is 0 Å². The largest absolute Gasteiger partial charge is 0.294 e. The van der Waals surface area contributed by atoms with Crippen LogP contribution < -0.4 is 5.32 Å². The van der Waals surface area contributed by atoms with Gasteiger partial charge in [-0.1, -0.05) is 0 Å². The van der Waals surface area contributed by atoms with Crippen molar-refractivity contribution >= 4 is 11.9 Å². The van der Waals surface area contributed by atoms with Gasteiger partial charge in [0.1, 0.15) is 11.6 Å². The minimum atomic E-state index is -0.323. The van der Waals surface area contributed by atoms with Crippen LogP contribution in [0.2, 0.25) is 0 Å². The van der Waals surface area contributed by atoms with Crippen molar-refractivity contribution in [1.29, 1.82) is 0 Å². The van der Waals surface area contributed by atoms with E-state index in [1.807, 2.05) is 13.1 Å². The van der Waals surface area contributed by atoms with Gasteiger partial charge >= 0.3 is 0 Å². The number of nitrogens with one attached hydrogen (secondary N) is 1. The molecule has 25 heavy (non-hydrogen) atoms. The Labute approximate surface area is 144 Å². The third-order valence-electron chi connectivity index (χ3n) is 3.73. The number of carbonyl (C=O) groups is 1. The molecule has 0 bridgehead atoms. The maximum absolute atomic E-state index is 13.3. The summed E-state index contributed by atoms with van der Waals surface area (Å²) in [6.45, 7) is 6.24. The fraction of sp³-hybridized carbons (Fsp3) is 0.294. The van der Waals surface area contributed by atoms with E-state index in [1.165, 1.54) is 16.8 Å². The van der Waals surface area contributed by atoms with Crippen LogP contribution in [0.15, 0.2) is 30.6 Å². The lowest BCUT2D eigenvalue weighted by molar-refractivity contribution is -0.115. The number of aryl methyl sites for hydroxylation is 3. The summed E-state index contributed by atoms with van der Waals surface area (Å²) in [5.74, 6) is 0.276. The first kappa shape index (κ1) is 16.8. The summed E-state index contributed by atoms with van der Waals surface area (Å²) in [5, 5.41) is 11.2. The number of benzene rings is 1. The zero-order valence-electron chi connectivity index (χ0n) is 14.3. The van der Waals surface area contributed by atoms with E-state index in [-0.39, 0.29) is 18.1 Å². The molecule has 0 atom stereocenters. The molecule has 0 saturated carbocycles. The summed E-state index contributed by atoms with van der Waals surface area (Å²) in [5.41, 5.74) is 2.18. The zero-order valence-corrected chi connectivity index (χ0v) is 14.3. The van der Waals surface area contributed by atoms with Gasteiger partial charge in [0.05, 0.1) is 18.3 Å². The van der Waals surface area contributed by atoms with Crippen LogP contribution in [0.5, 0.6) is 0 Å². The number of amides is 1. The average molecular weight is 342 g/mol. The van der Waals surface area contributed by atoms with E-state index >= 15 is 0 Å². The Bertz CT molecular complexity index is 914. The highest BCUT2D eigenvalue weighted by Gasteiger charge is 2.15. The van der Waals surface area contributed by atoms with Gasteiger partial charge in [-0.2, -0.15) is 14.8 Å². The van der Waals surface area contributed by atoms with Crippen molar-refractivity contribution in [1.82, 2.24) is 24.5 Å². The van der Waals surface area contributed by atoms with E-state index in [2.05, 4.69) is 20.5 Å². The molecule has 0 aliphatic rings. The van der Waals surface area contributed by atoms with E-state index in [4.69, 9.17) is 0 Å². The summed E-state index contributed by atoms with van der Waals surface area (Å²) in [6.07, 6.45) is 3.69. The van der Waals surface area contributed by atoms with Gasteiger partial charge in [0.2, 0.25) is 11.9 Å². The molecule has 0 aliphatic carbocycles. The van der Waals surface area contributed by atoms with Crippen LogP contribution in [0.1, 0.15) is 23.9 Å². The van der Waals surface area contributed by atoms with Gasteiger partial charge in [-0.25, -0.2) is 4.39 Å². The maximum atomic E-state index is 13.3. The Hall–Kier alpha value is -3.03. The fourth-order valence-electron chi connectivity index (χ4n) is 2.55. The molecule has 3 aromatic rings. The molecular weight excluding hydrogens is 323 g/mol. The summed E-state index contributed by atoms with van der Waals surface area (Å²) in [6, 6.07) is 4.38. The number of halogens is 1. The van der Waals surface area contributed by atoms with E-state index in [0.717, 1.165) is 12.1 Å². The molecule has 7 nitrogen and oxygen atoms in total. The van der Waals surface area contributed by atoms with Gasteiger partial charge < -0.3 is 0 Å². The van der Waals surface area contributed by atoms with E-state index in [0.29, 0.717) is 23.0 Å². The lowest BCUT2D eigenvalue weighted by atomic mass is 10.2. The number of hydrogen-bond donors (Lipinski definition) is 1. The van der Waals surface area contributed by atoms with Crippen LogP contribution in [0.4, 0.5) is 10.3 Å². The van der Waals surface area contributed by atoms with Crippen molar-refractivity contribution in [2.45, 2.75) is 33.7 Å². The zero-order chi connectivity index (χ0) is 18.0. The van der Waals surface area contributed by atoms with E-state index in [1.54, 1.807) is 30.8 Å². The second-order valence-corrected chi connectivity index (χ2v) is 5.75. The fourth-order valence-corrected chi connectivity index (χ4v) is 2.55. The molecule has 0 aliphatic heterocycles. The van der Waals surface area contributed by atoms with Crippen molar-refractivity contribution in [3.8, 4) is 5.69 Å². The van der Waals surface area contributed by atoms with Crippen molar-refractivity contribution in [2.75, 3.05) is 5.32 Å². The minimum Gasteiger partial charge on any atom is -0.294 e. The molecule has 0 spiro atoms. The minimum absolute atomic E-state index is 0.189.